The largest absolute Gasteiger partial charge is 0.864 e. The highest BCUT2D eigenvalue weighted by atomic mass is 19.2. The van der Waals surface area contributed by atoms with Crippen LogP contribution in [0.5, 0.6) is 17.2 Å². The van der Waals surface area contributed by atoms with E-state index < -0.39 is 83.0 Å². The predicted molar refractivity (Wildman–Crippen MR) is 210 cm³/mol. The minimum Gasteiger partial charge on any atom is -0.489 e. The van der Waals surface area contributed by atoms with Gasteiger partial charge in [0.2, 0.25) is 0 Å². The van der Waals surface area contributed by atoms with Gasteiger partial charge in [-0.25, -0.2) is 39.5 Å². The normalized spacial score (nSPS) is 12.2. The maximum absolute atomic E-state index is 16.6. The molecule has 0 aliphatic rings. The minimum atomic E-state index is -2.33. The first-order chi connectivity index (χ1) is 27.8. The molecule has 1 unspecified atom stereocenters. The van der Waals surface area contributed by atoms with E-state index in [0.717, 1.165) is 70.6 Å². The third kappa shape index (κ3) is 14.3. The molecule has 3 rings (SSSR count). The second-order valence-electron chi connectivity index (χ2n) is 15.2. The van der Waals surface area contributed by atoms with Gasteiger partial charge in [0.15, 0.2) is 52.4 Å². The van der Waals surface area contributed by atoms with Gasteiger partial charge in [-0.3, -0.25) is 0 Å². The average molecular weight is 833 g/mol. The van der Waals surface area contributed by atoms with Crippen LogP contribution in [0.3, 0.4) is 0 Å². The zero-order valence-electron chi connectivity index (χ0n) is 34.5. The summed E-state index contributed by atoms with van der Waals surface area (Å²) in [6.45, 7) is 10.1. The Hall–Kier alpha value is -3.55. The molecule has 0 radical (unpaired) electrons. The van der Waals surface area contributed by atoms with Gasteiger partial charge in [0.25, 0.3) is 0 Å². The van der Waals surface area contributed by atoms with E-state index in [2.05, 4.69) is 6.92 Å². The maximum atomic E-state index is 16.6. The van der Waals surface area contributed by atoms with E-state index in [0.29, 0.717) is 67.3 Å². The lowest BCUT2D eigenvalue weighted by atomic mass is 9.92. The minimum absolute atomic E-state index is 0.320. The van der Waals surface area contributed by atoms with Crippen molar-refractivity contribution in [2.45, 2.75) is 149 Å². The van der Waals surface area contributed by atoms with Crippen molar-refractivity contribution < 1.29 is 58.0 Å². The highest BCUT2D eigenvalue weighted by Crippen LogP contribution is 2.43. The summed E-state index contributed by atoms with van der Waals surface area (Å²) in [6, 6.07) is 1.52. The summed E-state index contributed by atoms with van der Waals surface area (Å²) < 4.78 is 149. The Bertz CT molecular complexity index is 1570. The first-order valence-corrected chi connectivity index (χ1v) is 21.1. The summed E-state index contributed by atoms with van der Waals surface area (Å²) in [5, 5.41) is 0. The molecule has 324 valence electrons. The van der Waals surface area contributed by atoms with Crippen LogP contribution < -0.4 is 14.0 Å². The lowest BCUT2D eigenvalue weighted by molar-refractivity contribution is -0.958. The molecule has 3 aromatic rings. The Morgan fingerprint density at radius 3 is 1.19 bits per heavy atom. The summed E-state index contributed by atoms with van der Waals surface area (Å²) in [6.07, 6.45) is 16.8. The van der Waals surface area contributed by atoms with Crippen molar-refractivity contribution in [2.24, 2.45) is 0 Å². The second-order valence-corrected chi connectivity index (χ2v) is 15.2. The van der Waals surface area contributed by atoms with Crippen LogP contribution in [-0.4, -0.2) is 31.4 Å². The van der Waals surface area contributed by atoms with E-state index in [4.69, 9.17) is 14.0 Å². The SMILES string of the molecule is CCCCCCCCCCCCCC(c1c(OB(Oc2cc(F)c(F)c(F)c2)Oc2cc(F)c(F)c(F)c2)cc(F)c(F)c1F)[N+](CCCC)(CCCC)CCCC. The predicted octanol–water partition coefficient (Wildman–Crippen LogP) is 14.4. The molecule has 0 N–H and O–H groups in total. The van der Waals surface area contributed by atoms with Crippen LogP contribution in [0, 0.1) is 52.4 Å². The van der Waals surface area contributed by atoms with Gasteiger partial charge in [0, 0.05) is 36.8 Å². The van der Waals surface area contributed by atoms with Crippen molar-refractivity contribution in [1.29, 1.82) is 0 Å². The van der Waals surface area contributed by atoms with Crippen molar-refractivity contribution in [3.63, 3.8) is 0 Å². The molecule has 0 aromatic heterocycles. The Morgan fingerprint density at radius 2 is 0.793 bits per heavy atom. The van der Waals surface area contributed by atoms with Crippen LogP contribution in [-0.2, 0) is 0 Å². The molecule has 4 nitrogen and oxygen atoms in total. The number of hydrogen-bond donors (Lipinski definition) is 0. The monoisotopic (exact) mass is 832 g/mol. The third-order valence-electron chi connectivity index (χ3n) is 10.7. The third-order valence-corrected chi connectivity index (χ3v) is 10.7. The van der Waals surface area contributed by atoms with E-state index in [1.165, 1.54) is 32.1 Å². The molecule has 0 bridgehead atoms. The summed E-state index contributed by atoms with van der Waals surface area (Å²) >= 11 is 0. The molecule has 3 aromatic carbocycles. The fourth-order valence-corrected chi connectivity index (χ4v) is 7.51. The molecule has 0 heterocycles. The van der Waals surface area contributed by atoms with E-state index >= 15 is 13.2 Å². The smallest absolute Gasteiger partial charge is 0.489 e. The lowest BCUT2D eigenvalue weighted by Gasteiger charge is -2.46. The molecule has 58 heavy (non-hydrogen) atoms. The maximum Gasteiger partial charge on any atom is 0.864 e. The fraction of sp³-hybridized carbons (Fsp3) is 0.591. The number of rotatable bonds is 29. The zero-order valence-corrected chi connectivity index (χ0v) is 34.5. The summed E-state index contributed by atoms with van der Waals surface area (Å²) in [5.74, 6) is -17.3. The highest BCUT2D eigenvalue weighted by molar-refractivity contribution is 6.39. The number of unbranched alkanes of at least 4 members (excludes halogenated alkanes) is 13. The molecule has 0 aliphatic heterocycles. The zero-order chi connectivity index (χ0) is 42.7. The molecule has 0 saturated carbocycles. The van der Waals surface area contributed by atoms with Gasteiger partial charge in [0.05, 0.1) is 25.2 Å². The van der Waals surface area contributed by atoms with Crippen LogP contribution in [0.2, 0.25) is 0 Å². The van der Waals surface area contributed by atoms with Crippen LogP contribution >= 0.6 is 0 Å². The summed E-state index contributed by atoms with van der Waals surface area (Å²) in [4.78, 5) is 0. The highest BCUT2D eigenvalue weighted by Gasteiger charge is 2.43. The second kappa shape index (κ2) is 25.2. The number of halogens is 9. The molecule has 1 atom stereocenters. The van der Waals surface area contributed by atoms with Crippen LogP contribution in [0.1, 0.15) is 155 Å². The van der Waals surface area contributed by atoms with Crippen LogP contribution in [0.15, 0.2) is 30.3 Å². The Morgan fingerprint density at radius 1 is 0.431 bits per heavy atom. The first kappa shape index (κ1) is 48.8. The van der Waals surface area contributed by atoms with Crippen molar-refractivity contribution in [1.82, 2.24) is 0 Å². The van der Waals surface area contributed by atoms with Gasteiger partial charge in [-0.05, 0) is 25.7 Å². The van der Waals surface area contributed by atoms with E-state index in [1.807, 2.05) is 20.8 Å². The van der Waals surface area contributed by atoms with Crippen molar-refractivity contribution in [2.75, 3.05) is 19.6 Å². The van der Waals surface area contributed by atoms with Gasteiger partial charge < -0.3 is 18.4 Å². The Labute approximate surface area is 339 Å². The summed E-state index contributed by atoms with van der Waals surface area (Å²) in [5.41, 5.74) is -0.320. The number of benzene rings is 3. The van der Waals surface area contributed by atoms with Gasteiger partial charge in [0.1, 0.15) is 23.3 Å². The van der Waals surface area contributed by atoms with Gasteiger partial charge >= 0.3 is 7.32 Å². The summed E-state index contributed by atoms with van der Waals surface area (Å²) in [7, 11) is -2.33. The number of hydrogen-bond acceptors (Lipinski definition) is 3. The number of quaternary nitrogens is 1. The van der Waals surface area contributed by atoms with Gasteiger partial charge in [-0.15, -0.1) is 0 Å². The lowest BCUT2D eigenvalue weighted by Crippen LogP contribution is -2.53. The van der Waals surface area contributed by atoms with E-state index in [1.54, 1.807) is 0 Å². The van der Waals surface area contributed by atoms with E-state index in [-0.39, 0.29) is 5.56 Å². The van der Waals surface area contributed by atoms with Crippen LogP contribution in [0.4, 0.5) is 39.5 Å². The molecule has 0 fully saturated rings. The quantitative estimate of drug-likeness (QED) is 0.0229. The molecule has 0 saturated heterocycles. The standard InChI is InChI=1S/C44H60BF9NO3/c1-5-9-13-14-15-16-17-18-19-20-21-22-38(55(23-10-6-2,24-11-7-3)25-12-8-4)40-39(30-37(50)43(53)44(40)54)58-45(56-31-26-33(46)41(51)34(47)27-31)57-32-28-35(48)42(52)36(49)29-32/h26-30,38H,5-25H2,1-4H3/q+1. The molecule has 0 aliphatic carbocycles. The van der Waals surface area contributed by atoms with E-state index in [9.17, 15) is 26.3 Å². The Kier molecular flexibility index (Phi) is 21.2. The van der Waals surface area contributed by atoms with Gasteiger partial charge in [-0.1, -0.05) is 111 Å². The van der Waals surface area contributed by atoms with Crippen molar-refractivity contribution >= 4 is 7.32 Å². The molecular formula is C44H60BF9NO3+. The molecule has 0 spiro atoms. The van der Waals surface area contributed by atoms with Crippen molar-refractivity contribution in [3.8, 4) is 17.2 Å². The fourth-order valence-electron chi connectivity index (χ4n) is 7.51. The molecular weight excluding hydrogens is 772 g/mol. The molecule has 14 heteroatoms. The van der Waals surface area contributed by atoms with Gasteiger partial charge in [-0.2, -0.15) is 0 Å². The topological polar surface area (TPSA) is 27.7 Å². The van der Waals surface area contributed by atoms with Crippen LogP contribution in [0.25, 0.3) is 0 Å². The molecule has 0 amide bonds. The van der Waals surface area contributed by atoms with Crippen molar-refractivity contribution in [3.05, 3.63) is 88.3 Å². The number of nitrogens with zero attached hydrogens (tertiary/aromatic N) is 1. The average Bonchev–Trinajstić information content (AvgIpc) is 3.19. The Balaban J connectivity index is 2.13. The first-order valence-electron chi connectivity index (χ1n) is 21.1.